The highest BCUT2D eigenvalue weighted by atomic mass is 32.2. The Bertz CT molecular complexity index is 673. The third-order valence-corrected chi connectivity index (χ3v) is 4.96. The summed E-state index contributed by atoms with van der Waals surface area (Å²) >= 11 is 0. The second-order valence-electron chi connectivity index (χ2n) is 5.12. The van der Waals surface area contributed by atoms with Crippen LogP contribution in [0.5, 0.6) is 0 Å². The Morgan fingerprint density at radius 1 is 1.00 bits per heavy atom. The van der Waals surface area contributed by atoms with E-state index in [4.69, 9.17) is 5.73 Å². The SMILES string of the molecule is Cc1cc(C)cc(C(N)CS(=O)(=O)c2ccccc2)c1. The number of benzene rings is 2. The Morgan fingerprint density at radius 2 is 1.55 bits per heavy atom. The lowest BCUT2D eigenvalue weighted by Gasteiger charge is -2.14. The van der Waals surface area contributed by atoms with Gasteiger partial charge in [0.2, 0.25) is 0 Å². The zero-order chi connectivity index (χ0) is 14.8. The highest BCUT2D eigenvalue weighted by Crippen LogP contribution is 2.20. The van der Waals surface area contributed by atoms with Crippen molar-refractivity contribution in [1.29, 1.82) is 0 Å². The molecule has 0 aromatic heterocycles. The van der Waals surface area contributed by atoms with Gasteiger partial charge in [-0.05, 0) is 31.5 Å². The van der Waals surface area contributed by atoms with Crippen LogP contribution in [0.2, 0.25) is 0 Å². The third-order valence-electron chi connectivity index (χ3n) is 3.17. The summed E-state index contributed by atoms with van der Waals surface area (Å²) in [6, 6.07) is 13.8. The molecule has 0 fully saturated rings. The molecule has 3 nitrogen and oxygen atoms in total. The molecule has 4 heteroatoms. The minimum Gasteiger partial charge on any atom is -0.323 e. The Labute approximate surface area is 120 Å². The summed E-state index contributed by atoms with van der Waals surface area (Å²) < 4.78 is 24.6. The van der Waals surface area contributed by atoms with E-state index < -0.39 is 15.9 Å². The van der Waals surface area contributed by atoms with Crippen molar-refractivity contribution in [3.8, 4) is 0 Å². The van der Waals surface area contributed by atoms with Gasteiger partial charge < -0.3 is 5.73 Å². The van der Waals surface area contributed by atoms with Gasteiger partial charge >= 0.3 is 0 Å². The first kappa shape index (κ1) is 14.8. The number of sulfone groups is 1. The molecule has 2 aromatic rings. The first-order valence-corrected chi connectivity index (χ1v) is 8.15. The Balaban J connectivity index is 2.25. The summed E-state index contributed by atoms with van der Waals surface area (Å²) in [5.74, 6) is -0.0834. The maximum atomic E-state index is 12.3. The second-order valence-corrected chi connectivity index (χ2v) is 7.16. The molecule has 1 unspecified atom stereocenters. The van der Waals surface area contributed by atoms with Gasteiger partial charge in [-0.2, -0.15) is 0 Å². The fourth-order valence-electron chi connectivity index (χ4n) is 2.28. The average molecular weight is 289 g/mol. The van der Waals surface area contributed by atoms with E-state index in [0.29, 0.717) is 4.90 Å². The van der Waals surface area contributed by atoms with E-state index in [9.17, 15) is 8.42 Å². The fourth-order valence-corrected chi connectivity index (χ4v) is 3.71. The van der Waals surface area contributed by atoms with Crippen LogP contribution in [0.1, 0.15) is 22.7 Å². The topological polar surface area (TPSA) is 60.2 Å². The predicted octanol–water partition coefficient (Wildman–Crippen LogP) is 2.78. The smallest absolute Gasteiger partial charge is 0.180 e. The minimum absolute atomic E-state index is 0.0834. The van der Waals surface area contributed by atoms with Crippen molar-refractivity contribution in [3.63, 3.8) is 0 Å². The monoisotopic (exact) mass is 289 g/mol. The van der Waals surface area contributed by atoms with Crippen molar-refractivity contribution < 1.29 is 8.42 Å². The lowest BCUT2D eigenvalue weighted by molar-refractivity contribution is 0.589. The van der Waals surface area contributed by atoms with E-state index in [-0.39, 0.29) is 5.75 Å². The van der Waals surface area contributed by atoms with Crippen molar-refractivity contribution >= 4 is 9.84 Å². The largest absolute Gasteiger partial charge is 0.323 e. The van der Waals surface area contributed by atoms with Crippen molar-refractivity contribution in [2.75, 3.05) is 5.75 Å². The quantitative estimate of drug-likeness (QED) is 0.941. The van der Waals surface area contributed by atoms with Gasteiger partial charge in [0.1, 0.15) is 0 Å². The third kappa shape index (κ3) is 3.46. The number of nitrogens with two attached hydrogens (primary N) is 1. The van der Waals surface area contributed by atoms with Gasteiger partial charge in [0.05, 0.1) is 10.6 Å². The molecule has 0 amide bonds. The molecular formula is C16H19NO2S. The Morgan fingerprint density at radius 3 is 2.10 bits per heavy atom. The summed E-state index contributed by atoms with van der Waals surface area (Å²) in [6.45, 7) is 3.96. The normalized spacial score (nSPS) is 13.2. The average Bonchev–Trinajstić information content (AvgIpc) is 2.38. The summed E-state index contributed by atoms with van der Waals surface area (Å²) in [5, 5.41) is 0. The molecule has 20 heavy (non-hydrogen) atoms. The molecule has 2 N–H and O–H groups in total. The molecule has 1 atom stereocenters. The lowest BCUT2D eigenvalue weighted by atomic mass is 10.0. The zero-order valence-electron chi connectivity index (χ0n) is 11.7. The number of aryl methyl sites for hydroxylation is 2. The molecule has 106 valence electrons. The Hall–Kier alpha value is -1.65. The first-order valence-electron chi connectivity index (χ1n) is 6.50. The lowest BCUT2D eigenvalue weighted by Crippen LogP contribution is -2.22. The van der Waals surface area contributed by atoms with Gasteiger partial charge in [-0.3, -0.25) is 0 Å². The molecule has 0 aliphatic rings. The van der Waals surface area contributed by atoms with Crippen LogP contribution in [0.3, 0.4) is 0 Å². The van der Waals surface area contributed by atoms with Gasteiger partial charge in [-0.15, -0.1) is 0 Å². The molecule has 0 radical (unpaired) electrons. The predicted molar refractivity (Wildman–Crippen MR) is 81.3 cm³/mol. The summed E-state index contributed by atoms with van der Waals surface area (Å²) in [4.78, 5) is 0.319. The van der Waals surface area contributed by atoms with Crippen molar-refractivity contribution in [2.45, 2.75) is 24.8 Å². The molecule has 2 aromatic carbocycles. The van der Waals surface area contributed by atoms with E-state index in [1.807, 2.05) is 32.0 Å². The van der Waals surface area contributed by atoms with Crippen LogP contribution in [-0.4, -0.2) is 14.2 Å². The van der Waals surface area contributed by atoms with Gasteiger partial charge in [0.15, 0.2) is 9.84 Å². The van der Waals surface area contributed by atoms with Crippen LogP contribution in [-0.2, 0) is 9.84 Å². The molecule has 2 rings (SSSR count). The minimum atomic E-state index is -3.36. The van der Waals surface area contributed by atoms with Crippen LogP contribution in [0, 0.1) is 13.8 Å². The van der Waals surface area contributed by atoms with E-state index >= 15 is 0 Å². The Kier molecular flexibility index (Phi) is 4.26. The summed E-state index contributed by atoms with van der Waals surface area (Å²) in [6.07, 6.45) is 0. The van der Waals surface area contributed by atoms with Crippen LogP contribution in [0.4, 0.5) is 0 Å². The van der Waals surface area contributed by atoms with Crippen LogP contribution >= 0.6 is 0 Å². The summed E-state index contributed by atoms with van der Waals surface area (Å²) in [7, 11) is -3.36. The van der Waals surface area contributed by atoms with Crippen LogP contribution in [0.15, 0.2) is 53.4 Å². The highest BCUT2D eigenvalue weighted by Gasteiger charge is 2.20. The zero-order valence-corrected chi connectivity index (χ0v) is 12.5. The number of rotatable bonds is 4. The van der Waals surface area contributed by atoms with Gasteiger partial charge in [0, 0.05) is 6.04 Å². The van der Waals surface area contributed by atoms with E-state index in [2.05, 4.69) is 0 Å². The van der Waals surface area contributed by atoms with Crippen molar-refractivity contribution in [3.05, 3.63) is 65.2 Å². The molecule has 0 aliphatic heterocycles. The number of hydrogen-bond donors (Lipinski definition) is 1. The maximum absolute atomic E-state index is 12.3. The molecule has 0 saturated heterocycles. The molecule has 0 bridgehead atoms. The van der Waals surface area contributed by atoms with Gasteiger partial charge in [-0.25, -0.2) is 8.42 Å². The van der Waals surface area contributed by atoms with Crippen LogP contribution < -0.4 is 5.73 Å². The van der Waals surface area contributed by atoms with Crippen molar-refractivity contribution in [2.24, 2.45) is 5.73 Å². The summed E-state index contributed by atoms with van der Waals surface area (Å²) in [5.41, 5.74) is 9.12. The van der Waals surface area contributed by atoms with Gasteiger partial charge in [0.25, 0.3) is 0 Å². The standard InChI is InChI=1S/C16H19NO2S/c1-12-8-13(2)10-14(9-12)16(17)11-20(18,19)15-6-4-3-5-7-15/h3-10,16H,11,17H2,1-2H3. The fraction of sp³-hybridized carbons (Fsp3) is 0.250. The maximum Gasteiger partial charge on any atom is 0.180 e. The number of hydrogen-bond acceptors (Lipinski definition) is 3. The second kappa shape index (κ2) is 5.77. The van der Waals surface area contributed by atoms with Gasteiger partial charge in [-0.1, -0.05) is 47.5 Å². The van der Waals surface area contributed by atoms with Crippen LogP contribution in [0.25, 0.3) is 0 Å². The molecule has 0 heterocycles. The van der Waals surface area contributed by atoms with E-state index in [1.165, 1.54) is 0 Å². The first-order chi connectivity index (χ1) is 9.38. The van der Waals surface area contributed by atoms with E-state index in [0.717, 1.165) is 16.7 Å². The highest BCUT2D eigenvalue weighted by molar-refractivity contribution is 7.91. The molecular weight excluding hydrogens is 270 g/mol. The van der Waals surface area contributed by atoms with E-state index in [1.54, 1.807) is 30.3 Å². The molecule has 0 saturated carbocycles. The van der Waals surface area contributed by atoms with Crippen molar-refractivity contribution in [1.82, 2.24) is 0 Å². The molecule has 0 spiro atoms. The molecule has 0 aliphatic carbocycles.